The first-order valence-electron chi connectivity index (χ1n) is 6.65. The van der Waals surface area contributed by atoms with E-state index in [1.807, 2.05) is 24.3 Å². The first kappa shape index (κ1) is 15.3. The Morgan fingerprint density at radius 1 is 1.50 bits per heavy atom. The van der Waals surface area contributed by atoms with Crippen molar-refractivity contribution >= 4 is 34.7 Å². The van der Waals surface area contributed by atoms with Crippen LogP contribution in [0.25, 0.3) is 0 Å². The van der Waals surface area contributed by atoms with Crippen molar-refractivity contribution < 1.29 is 4.79 Å². The normalized spacial score (nSPS) is 24.9. The van der Waals surface area contributed by atoms with Gasteiger partial charge in [-0.05, 0) is 30.4 Å². The summed E-state index contributed by atoms with van der Waals surface area (Å²) in [7, 11) is 1.77. The van der Waals surface area contributed by atoms with Gasteiger partial charge in [0, 0.05) is 18.6 Å². The van der Waals surface area contributed by atoms with Gasteiger partial charge in [0.2, 0.25) is 5.91 Å². The van der Waals surface area contributed by atoms with Crippen LogP contribution in [-0.2, 0) is 11.3 Å². The van der Waals surface area contributed by atoms with Crippen molar-refractivity contribution in [3.05, 3.63) is 34.9 Å². The van der Waals surface area contributed by atoms with Gasteiger partial charge in [0.05, 0.1) is 10.4 Å². The summed E-state index contributed by atoms with van der Waals surface area (Å²) in [6.07, 6.45) is 1.49. The van der Waals surface area contributed by atoms with E-state index in [-0.39, 0.29) is 5.91 Å². The Bertz CT molecular complexity index is 540. The second-order valence-electron chi connectivity index (χ2n) is 5.71. The van der Waals surface area contributed by atoms with E-state index in [0.717, 1.165) is 18.4 Å². The summed E-state index contributed by atoms with van der Waals surface area (Å²) in [6.45, 7) is 2.58. The van der Waals surface area contributed by atoms with Gasteiger partial charge in [-0.25, -0.2) is 0 Å². The quantitative estimate of drug-likeness (QED) is 0.870. The number of carbonyl (C=O) groups is 1. The van der Waals surface area contributed by atoms with E-state index >= 15 is 0 Å². The van der Waals surface area contributed by atoms with Gasteiger partial charge in [0.15, 0.2) is 0 Å². The molecular formula is C15H19ClN2OS. The SMILES string of the molecule is CC1CC(C(=O)N(C)Cc2ccccc2Cl)(C(N)=S)C1. The fourth-order valence-electron chi connectivity index (χ4n) is 2.93. The van der Waals surface area contributed by atoms with Crippen molar-refractivity contribution in [2.45, 2.75) is 26.3 Å². The monoisotopic (exact) mass is 310 g/mol. The lowest BCUT2D eigenvalue weighted by molar-refractivity contribution is -0.143. The van der Waals surface area contributed by atoms with Crippen LogP contribution in [0.2, 0.25) is 5.02 Å². The number of carbonyl (C=O) groups excluding carboxylic acids is 1. The second-order valence-corrected chi connectivity index (χ2v) is 6.56. The molecule has 3 nitrogen and oxygen atoms in total. The summed E-state index contributed by atoms with van der Waals surface area (Å²) in [5.74, 6) is 0.497. The van der Waals surface area contributed by atoms with Gasteiger partial charge in [-0.15, -0.1) is 0 Å². The van der Waals surface area contributed by atoms with Crippen LogP contribution in [0.5, 0.6) is 0 Å². The Morgan fingerprint density at radius 2 is 2.10 bits per heavy atom. The number of halogens is 1. The Morgan fingerprint density at radius 3 is 2.60 bits per heavy atom. The summed E-state index contributed by atoms with van der Waals surface area (Å²) < 4.78 is 0. The highest BCUT2D eigenvalue weighted by Gasteiger charge is 2.51. The van der Waals surface area contributed by atoms with Gasteiger partial charge in [-0.3, -0.25) is 4.79 Å². The maximum absolute atomic E-state index is 12.7. The highest BCUT2D eigenvalue weighted by molar-refractivity contribution is 7.80. The topological polar surface area (TPSA) is 46.3 Å². The number of nitrogens with zero attached hydrogens (tertiary/aromatic N) is 1. The Labute approximate surface area is 130 Å². The molecule has 1 saturated carbocycles. The molecule has 0 radical (unpaired) electrons. The predicted molar refractivity (Wildman–Crippen MR) is 85.5 cm³/mol. The fraction of sp³-hybridized carbons (Fsp3) is 0.467. The van der Waals surface area contributed by atoms with Crippen molar-refractivity contribution in [2.24, 2.45) is 17.1 Å². The van der Waals surface area contributed by atoms with Crippen molar-refractivity contribution in [3.8, 4) is 0 Å². The number of hydrogen-bond acceptors (Lipinski definition) is 2. The van der Waals surface area contributed by atoms with Crippen molar-refractivity contribution in [1.82, 2.24) is 4.90 Å². The van der Waals surface area contributed by atoms with Gasteiger partial charge in [0.25, 0.3) is 0 Å². The number of hydrogen-bond donors (Lipinski definition) is 1. The lowest BCUT2D eigenvalue weighted by Crippen LogP contribution is -2.56. The molecule has 2 N–H and O–H groups in total. The summed E-state index contributed by atoms with van der Waals surface area (Å²) >= 11 is 11.3. The molecule has 108 valence electrons. The summed E-state index contributed by atoms with van der Waals surface area (Å²) in [6, 6.07) is 7.53. The van der Waals surface area contributed by atoms with E-state index in [9.17, 15) is 4.79 Å². The third-order valence-electron chi connectivity index (χ3n) is 3.99. The van der Waals surface area contributed by atoms with Gasteiger partial charge >= 0.3 is 0 Å². The first-order valence-corrected chi connectivity index (χ1v) is 7.44. The molecule has 1 aromatic rings. The van der Waals surface area contributed by atoms with E-state index < -0.39 is 5.41 Å². The van der Waals surface area contributed by atoms with E-state index in [1.165, 1.54) is 0 Å². The van der Waals surface area contributed by atoms with Crippen LogP contribution in [0.3, 0.4) is 0 Å². The highest BCUT2D eigenvalue weighted by atomic mass is 35.5. The van der Waals surface area contributed by atoms with Crippen molar-refractivity contribution in [2.75, 3.05) is 7.05 Å². The standard InChI is InChI=1S/C15H19ClN2OS/c1-10-7-15(8-10,13(17)20)14(19)18(2)9-11-5-3-4-6-12(11)16/h3-6,10H,7-9H2,1-2H3,(H2,17,20). The average molecular weight is 311 g/mol. The van der Waals surface area contributed by atoms with Crippen LogP contribution in [0.15, 0.2) is 24.3 Å². The summed E-state index contributed by atoms with van der Waals surface area (Å²) in [5, 5.41) is 0.665. The molecule has 0 bridgehead atoms. The van der Waals surface area contributed by atoms with E-state index in [0.29, 0.717) is 22.5 Å². The van der Waals surface area contributed by atoms with Gasteiger partial charge in [-0.2, -0.15) is 0 Å². The van der Waals surface area contributed by atoms with Crippen LogP contribution in [0, 0.1) is 11.3 Å². The van der Waals surface area contributed by atoms with Gasteiger partial charge < -0.3 is 10.6 Å². The zero-order valence-corrected chi connectivity index (χ0v) is 13.3. The van der Waals surface area contributed by atoms with Crippen LogP contribution >= 0.6 is 23.8 Å². The minimum Gasteiger partial charge on any atom is -0.392 e. The van der Waals surface area contributed by atoms with Crippen LogP contribution in [0.4, 0.5) is 0 Å². The second kappa shape index (κ2) is 5.70. The number of amides is 1. The molecule has 0 atom stereocenters. The molecule has 2 rings (SSSR count). The highest BCUT2D eigenvalue weighted by Crippen LogP contribution is 2.47. The maximum Gasteiger partial charge on any atom is 0.235 e. The van der Waals surface area contributed by atoms with E-state index in [1.54, 1.807) is 11.9 Å². The van der Waals surface area contributed by atoms with Gasteiger partial charge in [-0.1, -0.05) is 48.9 Å². The number of thiocarbonyl (C=S) groups is 1. The third-order valence-corrected chi connectivity index (χ3v) is 4.75. The Hall–Kier alpha value is -1.13. The van der Waals surface area contributed by atoms with Crippen LogP contribution in [-0.4, -0.2) is 22.8 Å². The third kappa shape index (κ3) is 2.67. The molecule has 0 heterocycles. The molecule has 1 aliphatic carbocycles. The first-order chi connectivity index (χ1) is 9.36. The van der Waals surface area contributed by atoms with Crippen molar-refractivity contribution in [1.29, 1.82) is 0 Å². The average Bonchev–Trinajstić information content (AvgIpc) is 2.36. The van der Waals surface area contributed by atoms with Crippen molar-refractivity contribution in [3.63, 3.8) is 0 Å². The zero-order valence-electron chi connectivity index (χ0n) is 11.7. The zero-order chi connectivity index (χ0) is 14.9. The molecule has 0 aliphatic heterocycles. The molecule has 1 fully saturated rings. The Balaban J connectivity index is 2.13. The minimum absolute atomic E-state index is 0.00280. The largest absolute Gasteiger partial charge is 0.392 e. The summed E-state index contributed by atoms with van der Waals surface area (Å²) in [4.78, 5) is 14.6. The molecule has 5 heteroatoms. The van der Waals surface area contributed by atoms with E-state index in [4.69, 9.17) is 29.6 Å². The molecule has 0 aromatic heterocycles. The number of nitrogens with two attached hydrogens (primary N) is 1. The van der Waals surface area contributed by atoms with Crippen LogP contribution < -0.4 is 5.73 Å². The van der Waals surface area contributed by atoms with E-state index in [2.05, 4.69) is 6.92 Å². The molecule has 0 saturated heterocycles. The van der Waals surface area contributed by atoms with Gasteiger partial charge in [0.1, 0.15) is 0 Å². The minimum atomic E-state index is -0.648. The molecule has 0 unspecified atom stereocenters. The molecule has 20 heavy (non-hydrogen) atoms. The smallest absolute Gasteiger partial charge is 0.235 e. The molecular weight excluding hydrogens is 292 g/mol. The molecule has 0 spiro atoms. The number of benzene rings is 1. The summed E-state index contributed by atoms with van der Waals surface area (Å²) in [5.41, 5.74) is 6.09. The fourth-order valence-corrected chi connectivity index (χ4v) is 3.38. The lowest BCUT2D eigenvalue weighted by atomic mass is 9.61. The van der Waals surface area contributed by atoms with Crippen LogP contribution in [0.1, 0.15) is 25.3 Å². The molecule has 1 amide bonds. The molecule has 1 aromatic carbocycles. The molecule has 1 aliphatic rings. The maximum atomic E-state index is 12.7. The Kier molecular flexibility index (Phi) is 4.35. The number of rotatable bonds is 4. The predicted octanol–water partition coefficient (Wildman–Crippen LogP) is 3.00. The lowest BCUT2D eigenvalue weighted by Gasteiger charge is -2.46.